The molecule has 0 bridgehead atoms. The number of para-hydroxylation sites is 2. The molecule has 6 heteroatoms. The van der Waals surface area contributed by atoms with E-state index >= 15 is 0 Å². The number of methoxy groups -OCH3 is 1. The van der Waals surface area contributed by atoms with Gasteiger partial charge in [0, 0.05) is 43.1 Å². The number of ether oxygens (including phenoxy) is 1. The van der Waals surface area contributed by atoms with Crippen molar-refractivity contribution in [3.8, 4) is 5.75 Å². The Hall–Kier alpha value is -3.54. The molecule has 3 heterocycles. The number of pyridine rings is 1. The molecule has 6 nitrogen and oxygen atoms in total. The van der Waals surface area contributed by atoms with Gasteiger partial charge in [0.15, 0.2) is 0 Å². The van der Waals surface area contributed by atoms with Crippen molar-refractivity contribution in [2.24, 2.45) is 0 Å². The number of aromatic nitrogens is 2. The van der Waals surface area contributed by atoms with Gasteiger partial charge < -0.3 is 19.5 Å². The van der Waals surface area contributed by atoms with E-state index in [2.05, 4.69) is 20.9 Å². The van der Waals surface area contributed by atoms with Crippen LogP contribution >= 0.6 is 0 Å². The molecular formula is C23H22N4O2. The minimum atomic E-state index is 0.0324. The maximum Gasteiger partial charge on any atom is 0.270 e. The Labute approximate surface area is 168 Å². The molecule has 5 rings (SSSR count). The number of H-pyrrole nitrogens is 1. The van der Waals surface area contributed by atoms with Crippen molar-refractivity contribution in [3.63, 3.8) is 0 Å². The average molecular weight is 386 g/mol. The summed E-state index contributed by atoms with van der Waals surface area (Å²) in [5, 5.41) is 2.07. The van der Waals surface area contributed by atoms with E-state index < -0.39 is 0 Å². The number of amides is 1. The van der Waals surface area contributed by atoms with Crippen molar-refractivity contribution < 1.29 is 9.53 Å². The summed E-state index contributed by atoms with van der Waals surface area (Å²) in [7, 11) is 1.69. The zero-order valence-corrected chi connectivity index (χ0v) is 16.3. The fourth-order valence-electron chi connectivity index (χ4n) is 4.07. The maximum atomic E-state index is 13.1. The first kappa shape index (κ1) is 17.6. The molecule has 0 radical (unpaired) electrons. The molecule has 1 fully saturated rings. The Kier molecular flexibility index (Phi) is 4.31. The molecule has 0 unspecified atom stereocenters. The molecule has 1 aliphatic rings. The minimum absolute atomic E-state index is 0.0324. The number of nitrogens with zero attached hydrogens (tertiary/aromatic N) is 3. The molecule has 0 atom stereocenters. The summed E-state index contributed by atoms with van der Waals surface area (Å²) in [5.41, 5.74) is 3.50. The van der Waals surface area contributed by atoms with Gasteiger partial charge in [-0.1, -0.05) is 30.3 Å². The topological polar surface area (TPSA) is 61.5 Å². The lowest BCUT2D eigenvalue weighted by Gasteiger charge is -2.36. The summed E-state index contributed by atoms with van der Waals surface area (Å²) in [6.07, 6.45) is 1.78. The second kappa shape index (κ2) is 7.13. The minimum Gasteiger partial charge on any atom is -0.495 e. The van der Waals surface area contributed by atoms with E-state index in [1.807, 2.05) is 53.4 Å². The largest absolute Gasteiger partial charge is 0.495 e. The fourth-order valence-corrected chi connectivity index (χ4v) is 4.07. The molecule has 1 N–H and O–H groups in total. The summed E-state index contributed by atoms with van der Waals surface area (Å²) in [4.78, 5) is 25.1. The van der Waals surface area contributed by atoms with Gasteiger partial charge in [-0.05, 0) is 24.3 Å². The van der Waals surface area contributed by atoms with E-state index in [-0.39, 0.29) is 5.91 Å². The van der Waals surface area contributed by atoms with Crippen molar-refractivity contribution in [1.29, 1.82) is 0 Å². The Morgan fingerprint density at radius 3 is 2.62 bits per heavy atom. The number of rotatable bonds is 3. The first-order chi connectivity index (χ1) is 14.2. The quantitative estimate of drug-likeness (QED) is 0.583. The normalized spacial score (nSPS) is 14.5. The van der Waals surface area contributed by atoms with Crippen LogP contribution in [0.2, 0.25) is 0 Å². The lowest BCUT2D eigenvalue weighted by Crippen LogP contribution is -2.49. The first-order valence-corrected chi connectivity index (χ1v) is 9.78. The molecule has 29 heavy (non-hydrogen) atoms. The van der Waals surface area contributed by atoms with E-state index in [4.69, 9.17) is 4.74 Å². The van der Waals surface area contributed by atoms with Gasteiger partial charge in [0.25, 0.3) is 5.91 Å². The molecule has 1 aliphatic heterocycles. The number of anilines is 1. The number of carbonyl (C=O) groups is 1. The second-order valence-electron chi connectivity index (χ2n) is 7.24. The van der Waals surface area contributed by atoms with Gasteiger partial charge in [-0.25, -0.2) is 0 Å². The highest BCUT2D eigenvalue weighted by atomic mass is 16.5. The molecule has 0 saturated carbocycles. The third-order valence-electron chi connectivity index (χ3n) is 5.59. The van der Waals surface area contributed by atoms with Crippen molar-refractivity contribution in [3.05, 3.63) is 66.5 Å². The smallest absolute Gasteiger partial charge is 0.270 e. The van der Waals surface area contributed by atoms with Gasteiger partial charge in [0.05, 0.1) is 23.8 Å². The number of piperazine rings is 1. The standard InChI is InChI=1S/C23H22N4O2/c1-29-20-7-3-2-6-19(20)26-11-13-27(14-12-26)23(28)18-15-17-9-8-16-5-4-10-24-21(16)22(17)25-18/h2-10,15,25H,11-14H2,1H3. The second-order valence-corrected chi connectivity index (χ2v) is 7.24. The SMILES string of the molecule is COc1ccccc1N1CCN(C(=O)c2cc3ccc4cccnc4c3[nH]2)CC1. The van der Waals surface area contributed by atoms with Gasteiger partial charge in [0.2, 0.25) is 0 Å². The molecule has 1 amide bonds. The van der Waals surface area contributed by atoms with Crippen molar-refractivity contribution >= 4 is 33.4 Å². The van der Waals surface area contributed by atoms with E-state index in [0.29, 0.717) is 18.8 Å². The average Bonchev–Trinajstić information content (AvgIpc) is 3.23. The van der Waals surface area contributed by atoms with E-state index in [1.165, 1.54) is 0 Å². The number of aromatic amines is 1. The number of fused-ring (bicyclic) bond motifs is 3. The van der Waals surface area contributed by atoms with Crippen molar-refractivity contribution in [2.75, 3.05) is 38.2 Å². The molecule has 2 aromatic heterocycles. The van der Waals surface area contributed by atoms with Gasteiger partial charge >= 0.3 is 0 Å². The van der Waals surface area contributed by atoms with Crippen LogP contribution in [0.15, 0.2) is 60.8 Å². The predicted molar refractivity (Wildman–Crippen MR) is 115 cm³/mol. The van der Waals surface area contributed by atoms with E-state index in [9.17, 15) is 4.79 Å². The Balaban J connectivity index is 1.36. The molecule has 146 valence electrons. The maximum absolute atomic E-state index is 13.1. The molecular weight excluding hydrogens is 364 g/mol. The zero-order valence-electron chi connectivity index (χ0n) is 16.3. The zero-order chi connectivity index (χ0) is 19.8. The highest BCUT2D eigenvalue weighted by molar-refractivity contribution is 6.07. The van der Waals surface area contributed by atoms with Crippen LogP contribution in [0.3, 0.4) is 0 Å². The number of nitrogens with one attached hydrogen (secondary N) is 1. The lowest BCUT2D eigenvalue weighted by molar-refractivity contribution is 0.0742. The first-order valence-electron chi connectivity index (χ1n) is 9.78. The highest BCUT2D eigenvalue weighted by Gasteiger charge is 2.25. The highest BCUT2D eigenvalue weighted by Crippen LogP contribution is 2.29. The summed E-state index contributed by atoms with van der Waals surface area (Å²) in [6, 6.07) is 18.0. The van der Waals surface area contributed by atoms with Gasteiger partial charge in [-0.2, -0.15) is 0 Å². The fraction of sp³-hybridized carbons (Fsp3) is 0.217. The molecule has 0 aliphatic carbocycles. The van der Waals surface area contributed by atoms with Crippen molar-refractivity contribution in [2.45, 2.75) is 0 Å². The number of benzene rings is 2. The lowest BCUT2D eigenvalue weighted by atomic mass is 10.1. The van der Waals surface area contributed by atoms with Crippen LogP contribution in [0.4, 0.5) is 5.69 Å². The van der Waals surface area contributed by atoms with Crippen molar-refractivity contribution in [1.82, 2.24) is 14.9 Å². The van der Waals surface area contributed by atoms with Crippen LogP contribution in [0, 0.1) is 0 Å². The van der Waals surface area contributed by atoms with Crippen LogP contribution in [0.5, 0.6) is 5.75 Å². The summed E-state index contributed by atoms with van der Waals surface area (Å²) >= 11 is 0. The predicted octanol–water partition coefficient (Wildman–Crippen LogP) is 3.69. The van der Waals surface area contributed by atoms with E-state index in [1.54, 1.807) is 13.3 Å². The van der Waals surface area contributed by atoms with Gasteiger partial charge in [-0.3, -0.25) is 9.78 Å². The van der Waals surface area contributed by atoms with Crippen LogP contribution in [0.25, 0.3) is 21.8 Å². The Morgan fingerprint density at radius 1 is 1.00 bits per heavy atom. The summed E-state index contributed by atoms with van der Waals surface area (Å²) < 4.78 is 5.48. The molecule has 1 saturated heterocycles. The third-order valence-corrected chi connectivity index (χ3v) is 5.59. The molecule has 2 aromatic carbocycles. The summed E-state index contributed by atoms with van der Waals surface area (Å²) in [5.74, 6) is 0.896. The Bertz CT molecular complexity index is 1190. The number of hydrogen-bond donors (Lipinski definition) is 1. The number of hydrogen-bond acceptors (Lipinski definition) is 4. The van der Waals surface area contributed by atoms with Crippen LogP contribution in [-0.4, -0.2) is 54.1 Å². The van der Waals surface area contributed by atoms with Gasteiger partial charge in [-0.15, -0.1) is 0 Å². The number of carbonyl (C=O) groups excluding carboxylic acids is 1. The van der Waals surface area contributed by atoms with Gasteiger partial charge in [0.1, 0.15) is 11.4 Å². The Morgan fingerprint density at radius 2 is 1.79 bits per heavy atom. The molecule has 4 aromatic rings. The van der Waals surface area contributed by atoms with Crippen LogP contribution < -0.4 is 9.64 Å². The van der Waals surface area contributed by atoms with Crippen LogP contribution in [0.1, 0.15) is 10.5 Å². The van der Waals surface area contributed by atoms with E-state index in [0.717, 1.165) is 46.3 Å². The third kappa shape index (κ3) is 3.06. The monoisotopic (exact) mass is 386 g/mol. The molecule has 0 spiro atoms. The van der Waals surface area contributed by atoms with Crippen LogP contribution in [-0.2, 0) is 0 Å². The summed E-state index contributed by atoms with van der Waals surface area (Å²) in [6.45, 7) is 2.89.